The van der Waals surface area contributed by atoms with Crippen molar-refractivity contribution in [3.8, 4) is 0 Å². The molecule has 2 heterocycles. The Balaban J connectivity index is 2.21. The van der Waals surface area contributed by atoms with Gasteiger partial charge < -0.3 is 5.32 Å². The highest BCUT2D eigenvalue weighted by Crippen LogP contribution is 2.23. The van der Waals surface area contributed by atoms with Crippen molar-refractivity contribution in [1.29, 1.82) is 0 Å². The highest BCUT2D eigenvalue weighted by molar-refractivity contribution is 7.98. The number of nitrogens with zero attached hydrogens (tertiary/aromatic N) is 2. The summed E-state index contributed by atoms with van der Waals surface area (Å²) >= 11 is 3.18. The van der Waals surface area contributed by atoms with Crippen molar-refractivity contribution >= 4 is 29.0 Å². The summed E-state index contributed by atoms with van der Waals surface area (Å²) in [5.74, 6) is 0.922. The van der Waals surface area contributed by atoms with Gasteiger partial charge in [0, 0.05) is 15.7 Å². The van der Waals surface area contributed by atoms with Gasteiger partial charge in [-0.1, -0.05) is 13.8 Å². The number of rotatable bonds is 5. The molecular formula is C16H21N3OS2. The van der Waals surface area contributed by atoms with Crippen LogP contribution in [0.25, 0.3) is 0 Å². The Hall–Kier alpha value is -1.40. The van der Waals surface area contributed by atoms with Crippen LogP contribution in [0, 0.1) is 13.8 Å². The number of carbonyl (C=O) groups is 1. The molecule has 0 aliphatic rings. The van der Waals surface area contributed by atoms with E-state index in [0.29, 0.717) is 12.1 Å². The average Bonchev–Trinajstić information content (AvgIpc) is 2.89. The predicted molar refractivity (Wildman–Crippen MR) is 92.9 cm³/mol. The monoisotopic (exact) mass is 335 g/mol. The Morgan fingerprint density at radius 1 is 1.32 bits per heavy atom. The molecule has 1 amide bonds. The van der Waals surface area contributed by atoms with Crippen LogP contribution in [0.5, 0.6) is 0 Å². The van der Waals surface area contributed by atoms with E-state index in [2.05, 4.69) is 42.1 Å². The molecule has 0 bridgehead atoms. The molecule has 118 valence electrons. The Morgan fingerprint density at radius 3 is 2.59 bits per heavy atom. The van der Waals surface area contributed by atoms with E-state index in [1.165, 1.54) is 16.6 Å². The van der Waals surface area contributed by atoms with Gasteiger partial charge in [-0.05, 0) is 32.2 Å². The molecule has 0 aliphatic carbocycles. The highest BCUT2D eigenvalue weighted by Gasteiger charge is 2.19. The van der Waals surface area contributed by atoms with Gasteiger partial charge >= 0.3 is 0 Å². The van der Waals surface area contributed by atoms with E-state index in [0.717, 1.165) is 21.4 Å². The number of amides is 1. The first kappa shape index (κ1) is 17.0. The van der Waals surface area contributed by atoms with Crippen LogP contribution in [-0.2, 0) is 6.54 Å². The van der Waals surface area contributed by atoms with E-state index in [9.17, 15) is 4.79 Å². The summed E-state index contributed by atoms with van der Waals surface area (Å²) in [6.45, 7) is 8.58. The second-order valence-electron chi connectivity index (χ2n) is 5.40. The fourth-order valence-corrected chi connectivity index (χ4v) is 3.53. The lowest BCUT2D eigenvalue weighted by atomic mass is 10.1. The molecule has 0 saturated heterocycles. The summed E-state index contributed by atoms with van der Waals surface area (Å²) in [7, 11) is 0. The maximum Gasteiger partial charge on any atom is 0.256 e. The van der Waals surface area contributed by atoms with Crippen LogP contribution in [0.4, 0.5) is 0 Å². The minimum absolute atomic E-state index is 0.108. The lowest BCUT2D eigenvalue weighted by Crippen LogP contribution is -2.25. The SMILES string of the molecule is CSc1nc(C(C)C)nc(C)c1C(=O)NCc1ccc(C)s1. The largest absolute Gasteiger partial charge is 0.347 e. The van der Waals surface area contributed by atoms with Gasteiger partial charge in [-0.15, -0.1) is 23.1 Å². The molecule has 1 N–H and O–H groups in total. The molecule has 0 atom stereocenters. The number of carbonyl (C=O) groups excluding carboxylic acids is 1. The van der Waals surface area contributed by atoms with Gasteiger partial charge in [0.1, 0.15) is 10.9 Å². The summed E-state index contributed by atoms with van der Waals surface area (Å²) in [6.07, 6.45) is 1.94. The zero-order valence-corrected chi connectivity index (χ0v) is 15.2. The van der Waals surface area contributed by atoms with Gasteiger partial charge in [0.05, 0.1) is 17.8 Å². The van der Waals surface area contributed by atoms with E-state index in [-0.39, 0.29) is 11.8 Å². The lowest BCUT2D eigenvalue weighted by molar-refractivity contribution is 0.0946. The standard InChI is InChI=1S/C16H21N3OS2/c1-9(2)14-18-11(4)13(16(19-14)21-5)15(20)17-8-12-7-6-10(3)22-12/h6-7,9H,8H2,1-5H3,(H,17,20). The zero-order valence-electron chi connectivity index (χ0n) is 13.6. The Bertz CT molecular complexity index is 680. The van der Waals surface area contributed by atoms with Gasteiger partial charge in [-0.25, -0.2) is 9.97 Å². The van der Waals surface area contributed by atoms with E-state index < -0.39 is 0 Å². The summed E-state index contributed by atoms with van der Waals surface area (Å²) in [4.78, 5) is 23.9. The fraction of sp³-hybridized carbons (Fsp3) is 0.438. The molecule has 0 aliphatic heterocycles. The molecule has 6 heteroatoms. The van der Waals surface area contributed by atoms with E-state index >= 15 is 0 Å². The summed E-state index contributed by atoms with van der Waals surface area (Å²) in [5.41, 5.74) is 1.33. The molecule has 2 rings (SSSR count). The van der Waals surface area contributed by atoms with Crippen LogP contribution < -0.4 is 5.32 Å². The van der Waals surface area contributed by atoms with Crippen molar-refractivity contribution in [2.24, 2.45) is 0 Å². The second kappa shape index (κ2) is 7.24. The third-order valence-electron chi connectivity index (χ3n) is 3.23. The number of thiophene rings is 1. The molecule has 0 spiro atoms. The Kier molecular flexibility index (Phi) is 5.58. The van der Waals surface area contributed by atoms with Crippen molar-refractivity contribution in [2.75, 3.05) is 6.26 Å². The van der Waals surface area contributed by atoms with Gasteiger partial charge in [0.15, 0.2) is 0 Å². The van der Waals surface area contributed by atoms with Gasteiger partial charge in [0.2, 0.25) is 0 Å². The van der Waals surface area contributed by atoms with Gasteiger partial charge in [0.25, 0.3) is 5.91 Å². The normalized spacial score (nSPS) is 11.0. The van der Waals surface area contributed by atoms with Crippen LogP contribution in [0.3, 0.4) is 0 Å². The molecule has 0 unspecified atom stereocenters. The number of thioether (sulfide) groups is 1. The van der Waals surface area contributed by atoms with Crippen molar-refractivity contribution in [1.82, 2.24) is 15.3 Å². The van der Waals surface area contributed by atoms with E-state index in [1.807, 2.05) is 19.2 Å². The van der Waals surface area contributed by atoms with Crippen molar-refractivity contribution in [3.05, 3.63) is 39.0 Å². The minimum atomic E-state index is -0.108. The van der Waals surface area contributed by atoms with Gasteiger partial charge in [-0.3, -0.25) is 4.79 Å². The number of aryl methyl sites for hydroxylation is 2. The number of hydrogen-bond donors (Lipinski definition) is 1. The second-order valence-corrected chi connectivity index (χ2v) is 7.57. The molecule has 4 nitrogen and oxygen atoms in total. The highest BCUT2D eigenvalue weighted by atomic mass is 32.2. The fourth-order valence-electron chi connectivity index (χ4n) is 2.07. The predicted octanol–water partition coefficient (Wildman–Crippen LogP) is 3.93. The maximum atomic E-state index is 12.5. The van der Waals surface area contributed by atoms with Crippen LogP contribution in [0.1, 0.15) is 51.4 Å². The minimum Gasteiger partial charge on any atom is -0.347 e. The molecule has 0 saturated carbocycles. The van der Waals surface area contributed by atoms with Crippen molar-refractivity contribution < 1.29 is 4.79 Å². The van der Waals surface area contributed by atoms with E-state index in [4.69, 9.17) is 0 Å². The van der Waals surface area contributed by atoms with Crippen molar-refractivity contribution in [3.63, 3.8) is 0 Å². The Labute approximate surface area is 139 Å². The van der Waals surface area contributed by atoms with Crippen LogP contribution in [0.15, 0.2) is 17.2 Å². The van der Waals surface area contributed by atoms with Crippen LogP contribution >= 0.6 is 23.1 Å². The first-order valence-electron chi connectivity index (χ1n) is 7.18. The zero-order chi connectivity index (χ0) is 16.3. The quantitative estimate of drug-likeness (QED) is 0.664. The molecule has 0 aromatic carbocycles. The lowest BCUT2D eigenvalue weighted by Gasteiger charge is -2.13. The molecule has 0 radical (unpaired) electrons. The molecular weight excluding hydrogens is 314 g/mol. The molecule has 0 fully saturated rings. The molecule has 22 heavy (non-hydrogen) atoms. The average molecular weight is 335 g/mol. The first-order chi connectivity index (χ1) is 10.4. The van der Waals surface area contributed by atoms with Gasteiger partial charge in [-0.2, -0.15) is 0 Å². The molecule has 2 aromatic heterocycles. The summed E-state index contributed by atoms with van der Waals surface area (Å²) in [6, 6.07) is 4.10. The van der Waals surface area contributed by atoms with Crippen molar-refractivity contribution in [2.45, 2.75) is 45.2 Å². The Morgan fingerprint density at radius 2 is 2.05 bits per heavy atom. The van der Waals surface area contributed by atoms with E-state index in [1.54, 1.807) is 11.3 Å². The first-order valence-corrected chi connectivity index (χ1v) is 9.22. The molecule has 2 aromatic rings. The van der Waals surface area contributed by atoms with Crippen LogP contribution in [0.2, 0.25) is 0 Å². The number of nitrogens with one attached hydrogen (secondary N) is 1. The smallest absolute Gasteiger partial charge is 0.256 e. The van der Waals surface area contributed by atoms with Crippen LogP contribution in [-0.4, -0.2) is 22.1 Å². The topological polar surface area (TPSA) is 54.9 Å². The summed E-state index contributed by atoms with van der Waals surface area (Å²) < 4.78 is 0. The summed E-state index contributed by atoms with van der Waals surface area (Å²) in [5, 5.41) is 3.72. The number of aromatic nitrogens is 2. The maximum absolute atomic E-state index is 12.5. The number of hydrogen-bond acceptors (Lipinski definition) is 5. The third-order valence-corrected chi connectivity index (χ3v) is 4.91. The third kappa shape index (κ3) is 3.87.